The van der Waals surface area contributed by atoms with Crippen LogP contribution in [0.3, 0.4) is 0 Å². The van der Waals surface area contributed by atoms with Crippen molar-refractivity contribution in [3.63, 3.8) is 0 Å². The average molecular weight is 446 g/mol. The van der Waals surface area contributed by atoms with Crippen molar-refractivity contribution < 1.29 is 23.6 Å². The summed E-state index contributed by atoms with van der Waals surface area (Å²) in [4.78, 5) is 21.9. The monoisotopic (exact) mass is 445 g/mol. The maximum absolute atomic E-state index is 13.4. The SMILES string of the molecule is COc1ccc2nc([S@@+]([O-])Cc3ncc(C)c(OC)c3C)n(C(=O)OC(C)(C)C)c2c1. The van der Waals surface area contributed by atoms with Crippen LogP contribution in [0.2, 0.25) is 0 Å². The number of fused-ring (bicyclic) bond motifs is 1. The number of aromatic nitrogens is 3. The molecule has 9 heteroatoms. The second-order valence-electron chi connectivity index (χ2n) is 8.10. The molecule has 0 amide bonds. The number of nitrogens with zero attached hydrogens (tertiary/aromatic N) is 3. The minimum Gasteiger partial charge on any atom is -0.609 e. The van der Waals surface area contributed by atoms with Crippen molar-refractivity contribution >= 4 is 28.3 Å². The van der Waals surface area contributed by atoms with E-state index < -0.39 is 22.9 Å². The Morgan fingerprint density at radius 2 is 1.90 bits per heavy atom. The molecule has 1 aromatic carbocycles. The molecule has 8 nitrogen and oxygen atoms in total. The fourth-order valence-corrected chi connectivity index (χ4v) is 4.45. The number of hydrogen-bond acceptors (Lipinski definition) is 7. The smallest absolute Gasteiger partial charge is 0.424 e. The molecule has 0 unspecified atom stereocenters. The van der Waals surface area contributed by atoms with Gasteiger partial charge in [-0.1, -0.05) is 0 Å². The molecule has 0 aliphatic rings. The summed E-state index contributed by atoms with van der Waals surface area (Å²) in [5.41, 5.74) is 2.55. The summed E-state index contributed by atoms with van der Waals surface area (Å²) in [6.07, 6.45) is 1.03. The van der Waals surface area contributed by atoms with Crippen LogP contribution in [-0.2, 0) is 21.7 Å². The normalized spacial score (nSPS) is 12.6. The molecule has 0 saturated carbocycles. The highest BCUT2D eigenvalue weighted by atomic mass is 32.2. The molecule has 31 heavy (non-hydrogen) atoms. The Kier molecular flexibility index (Phi) is 6.47. The highest BCUT2D eigenvalue weighted by Gasteiger charge is 2.31. The first-order chi connectivity index (χ1) is 14.6. The number of benzene rings is 1. The fraction of sp³-hybridized carbons (Fsp3) is 0.409. The van der Waals surface area contributed by atoms with Crippen LogP contribution in [0.15, 0.2) is 29.6 Å². The van der Waals surface area contributed by atoms with Crippen molar-refractivity contribution in [1.29, 1.82) is 0 Å². The molecule has 166 valence electrons. The van der Waals surface area contributed by atoms with Crippen molar-refractivity contribution in [3.8, 4) is 11.5 Å². The second-order valence-corrected chi connectivity index (χ2v) is 9.45. The van der Waals surface area contributed by atoms with Crippen molar-refractivity contribution in [3.05, 3.63) is 41.2 Å². The molecule has 0 bridgehead atoms. The first-order valence-corrected chi connectivity index (χ1v) is 11.0. The van der Waals surface area contributed by atoms with Gasteiger partial charge in [-0.2, -0.15) is 9.55 Å². The van der Waals surface area contributed by atoms with Gasteiger partial charge in [0.1, 0.15) is 17.1 Å². The molecular formula is C22H27N3O5S. The summed E-state index contributed by atoms with van der Waals surface area (Å²) in [5, 5.41) is 0.0956. The van der Waals surface area contributed by atoms with E-state index in [1.165, 1.54) is 11.7 Å². The van der Waals surface area contributed by atoms with Gasteiger partial charge < -0.3 is 18.8 Å². The third kappa shape index (κ3) is 4.77. The predicted octanol–water partition coefficient (Wildman–Crippen LogP) is 4.16. The van der Waals surface area contributed by atoms with Crippen LogP contribution in [0.5, 0.6) is 11.5 Å². The van der Waals surface area contributed by atoms with E-state index in [9.17, 15) is 9.35 Å². The van der Waals surface area contributed by atoms with Crippen LogP contribution < -0.4 is 9.47 Å². The molecule has 0 aliphatic heterocycles. The zero-order valence-corrected chi connectivity index (χ0v) is 19.6. The van der Waals surface area contributed by atoms with Gasteiger partial charge in [-0.3, -0.25) is 4.98 Å². The number of imidazole rings is 1. The molecule has 0 N–H and O–H groups in total. The van der Waals surface area contributed by atoms with Gasteiger partial charge in [0.05, 0.1) is 30.9 Å². The van der Waals surface area contributed by atoms with E-state index in [0.717, 1.165) is 11.1 Å². The largest absolute Gasteiger partial charge is 0.609 e. The van der Waals surface area contributed by atoms with Crippen LogP contribution in [0.25, 0.3) is 11.0 Å². The number of pyridine rings is 1. The summed E-state index contributed by atoms with van der Waals surface area (Å²) in [6, 6.07) is 5.12. The van der Waals surface area contributed by atoms with Crippen LogP contribution in [0.4, 0.5) is 4.79 Å². The van der Waals surface area contributed by atoms with E-state index in [1.807, 2.05) is 13.8 Å². The zero-order valence-electron chi connectivity index (χ0n) is 18.8. The molecule has 2 heterocycles. The van der Waals surface area contributed by atoms with Crippen LogP contribution >= 0.6 is 0 Å². The van der Waals surface area contributed by atoms with Gasteiger partial charge in [0.2, 0.25) is 0 Å². The van der Waals surface area contributed by atoms with E-state index in [-0.39, 0.29) is 10.9 Å². The Labute approximate surface area is 184 Å². The Morgan fingerprint density at radius 3 is 2.52 bits per heavy atom. The molecule has 0 fully saturated rings. The average Bonchev–Trinajstić information content (AvgIpc) is 3.08. The van der Waals surface area contributed by atoms with E-state index in [4.69, 9.17) is 14.2 Å². The minimum atomic E-state index is -1.67. The molecule has 3 rings (SSSR count). The van der Waals surface area contributed by atoms with Crippen LogP contribution in [0.1, 0.15) is 37.6 Å². The van der Waals surface area contributed by atoms with Crippen molar-refractivity contribution in [2.75, 3.05) is 14.2 Å². The lowest BCUT2D eigenvalue weighted by molar-refractivity contribution is 0.0528. The Morgan fingerprint density at radius 1 is 1.19 bits per heavy atom. The topological polar surface area (TPSA) is 98.5 Å². The summed E-state index contributed by atoms with van der Waals surface area (Å²) in [7, 11) is 3.12. The molecule has 1 atom stereocenters. The minimum absolute atomic E-state index is 0.0751. The zero-order chi connectivity index (χ0) is 22.9. The first-order valence-electron chi connectivity index (χ1n) is 9.73. The third-order valence-corrected chi connectivity index (χ3v) is 5.84. The number of ether oxygens (including phenoxy) is 3. The molecule has 0 saturated heterocycles. The van der Waals surface area contributed by atoms with Gasteiger partial charge in [-0.15, -0.1) is 0 Å². The van der Waals surface area contributed by atoms with Gasteiger partial charge >= 0.3 is 11.2 Å². The summed E-state index contributed by atoms with van der Waals surface area (Å²) in [6.45, 7) is 9.08. The lowest BCUT2D eigenvalue weighted by Gasteiger charge is -2.20. The molecular weight excluding hydrogens is 418 g/mol. The van der Waals surface area contributed by atoms with E-state index in [2.05, 4.69) is 9.97 Å². The third-order valence-electron chi connectivity index (χ3n) is 4.63. The van der Waals surface area contributed by atoms with Gasteiger partial charge in [0.15, 0.2) is 5.75 Å². The van der Waals surface area contributed by atoms with Crippen LogP contribution in [0, 0.1) is 13.8 Å². The predicted molar refractivity (Wildman–Crippen MR) is 118 cm³/mol. The molecule has 3 aromatic rings. The van der Waals surface area contributed by atoms with Crippen molar-refractivity contribution in [2.24, 2.45) is 0 Å². The summed E-state index contributed by atoms with van der Waals surface area (Å²) >= 11 is -1.67. The highest BCUT2D eigenvalue weighted by Crippen LogP contribution is 2.29. The Bertz CT molecular complexity index is 1120. The number of hydrogen-bond donors (Lipinski definition) is 0. The number of carbonyl (C=O) groups is 1. The van der Waals surface area contributed by atoms with E-state index in [0.29, 0.717) is 28.2 Å². The van der Waals surface area contributed by atoms with Crippen LogP contribution in [-0.4, -0.2) is 45.0 Å². The van der Waals surface area contributed by atoms with Gasteiger partial charge in [-0.05, 0) is 46.8 Å². The summed E-state index contributed by atoms with van der Waals surface area (Å²) < 4.78 is 30.9. The van der Waals surface area contributed by atoms with Crippen molar-refractivity contribution in [2.45, 2.75) is 51.1 Å². The number of methoxy groups -OCH3 is 2. The second kappa shape index (κ2) is 8.76. The molecule has 2 aromatic heterocycles. The van der Waals surface area contributed by atoms with E-state index >= 15 is 0 Å². The Balaban J connectivity index is 2.08. The fourth-order valence-electron chi connectivity index (χ4n) is 3.20. The van der Waals surface area contributed by atoms with Gasteiger partial charge in [0, 0.05) is 34.6 Å². The molecule has 0 aliphatic carbocycles. The first kappa shape index (κ1) is 22.9. The number of aryl methyl sites for hydroxylation is 1. The number of carbonyl (C=O) groups excluding carboxylic acids is 1. The highest BCUT2D eigenvalue weighted by molar-refractivity contribution is 7.90. The lowest BCUT2D eigenvalue weighted by atomic mass is 10.1. The van der Waals surface area contributed by atoms with E-state index in [1.54, 1.807) is 52.3 Å². The lowest BCUT2D eigenvalue weighted by Crippen LogP contribution is -2.29. The molecule has 0 radical (unpaired) electrons. The van der Waals surface area contributed by atoms with Gasteiger partial charge in [-0.25, -0.2) is 4.79 Å². The number of rotatable bonds is 5. The maximum Gasteiger partial charge on any atom is 0.424 e. The maximum atomic E-state index is 13.4. The van der Waals surface area contributed by atoms with Crippen molar-refractivity contribution in [1.82, 2.24) is 14.5 Å². The van der Waals surface area contributed by atoms with Gasteiger partial charge in [0.25, 0.3) is 0 Å². The Hall–Kier alpha value is -2.78. The summed E-state index contributed by atoms with van der Waals surface area (Å²) in [5.74, 6) is 1.33. The quantitative estimate of drug-likeness (QED) is 0.544. The molecule has 0 spiro atoms. The standard InChI is InChI=1S/C22H27N3O5S/c1-13-11-23-17(14(2)19(13)29-7)12-31(27)20-24-16-9-8-15(28-6)10-18(16)25(20)21(26)30-22(3,4)5/h8-11H,12H2,1-7H3/t31-/m0/s1.